The maximum Gasteiger partial charge on any atom is 0.240 e. The Balaban J connectivity index is 2.00. The molecule has 1 aliphatic rings. The van der Waals surface area contributed by atoms with Gasteiger partial charge in [-0.25, -0.2) is 13.1 Å². The maximum absolute atomic E-state index is 12.1. The van der Waals surface area contributed by atoms with Gasteiger partial charge in [-0.05, 0) is 48.9 Å². The summed E-state index contributed by atoms with van der Waals surface area (Å²) in [6.45, 7) is 0.482. The summed E-state index contributed by atoms with van der Waals surface area (Å²) in [6.07, 6.45) is 3.30. The van der Waals surface area contributed by atoms with Gasteiger partial charge in [-0.1, -0.05) is 22.4 Å². The third-order valence-corrected chi connectivity index (χ3v) is 6.04. The van der Waals surface area contributed by atoms with Crippen LogP contribution in [0.25, 0.3) is 0 Å². The Morgan fingerprint density at radius 3 is 2.47 bits per heavy atom. The van der Waals surface area contributed by atoms with E-state index in [9.17, 15) is 8.42 Å². The molecule has 6 heteroatoms. The van der Waals surface area contributed by atoms with Crippen molar-refractivity contribution < 1.29 is 8.42 Å². The summed E-state index contributed by atoms with van der Waals surface area (Å²) in [4.78, 5) is 0.302. The SMILES string of the molecule is O=S(=O)(NCC1CCCC1CCl)c1ccc(Br)cc1. The summed E-state index contributed by atoms with van der Waals surface area (Å²) in [5.41, 5.74) is 0. The predicted octanol–water partition coefficient (Wildman–Crippen LogP) is 3.38. The van der Waals surface area contributed by atoms with Gasteiger partial charge in [0.25, 0.3) is 0 Å². The van der Waals surface area contributed by atoms with Crippen molar-refractivity contribution in [1.29, 1.82) is 0 Å². The number of nitrogens with one attached hydrogen (secondary N) is 1. The summed E-state index contributed by atoms with van der Waals surface area (Å²) < 4.78 is 27.8. The van der Waals surface area contributed by atoms with Crippen LogP contribution in [0.2, 0.25) is 0 Å². The zero-order valence-electron chi connectivity index (χ0n) is 10.5. The molecule has 0 spiro atoms. The zero-order chi connectivity index (χ0) is 13.9. The van der Waals surface area contributed by atoms with Gasteiger partial charge in [-0.15, -0.1) is 11.6 Å². The van der Waals surface area contributed by atoms with Crippen molar-refractivity contribution >= 4 is 37.6 Å². The number of hydrogen-bond acceptors (Lipinski definition) is 2. The molecule has 1 fully saturated rings. The third kappa shape index (κ3) is 3.94. The normalized spacial score (nSPS) is 23.7. The molecule has 0 heterocycles. The van der Waals surface area contributed by atoms with Crippen LogP contribution in [0, 0.1) is 11.8 Å². The van der Waals surface area contributed by atoms with Crippen LogP contribution in [0.4, 0.5) is 0 Å². The minimum absolute atomic E-state index is 0.302. The molecular formula is C13H17BrClNO2S. The molecule has 0 amide bonds. The number of sulfonamides is 1. The Bertz CT molecular complexity index is 518. The van der Waals surface area contributed by atoms with Crippen LogP contribution < -0.4 is 4.72 Å². The van der Waals surface area contributed by atoms with E-state index >= 15 is 0 Å². The van der Waals surface area contributed by atoms with Crippen molar-refractivity contribution in [1.82, 2.24) is 4.72 Å². The van der Waals surface area contributed by atoms with Gasteiger partial charge in [0.2, 0.25) is 10.0 Å². The topological polar surface area (TPSA) is 46.2 Å². The monoisotopic (exact) mass is 365 g/mol. The van der Waals surface area contributed by atoms with E-state index in [-0.39, 0.29) is 0 Å². The molecule has 0 aliphatic heterocycles. The molecule has 2 rings (SSSR count). The van der Waals surface area contributed by atoms with Crippen molar-refractivity contribution in [3.8, 4) is 0 Å². The summed E-state index contributed by atoms with van der Waals surface area (Å²) in [6, 6.07) is 6.65. The van der Waals surface area contributed by atoms with E-state index in [4.69, 9.17) is 11.6 Å². The second kappa shape index (κ2) is 6.57. The average molecular weight is 367 g/mol. The zero-order valence-corrected chi connectivity index (χ0v) is 13.6. The van der Waals surface area contributed by atoms with Crippen LogP contribution in [0.15, 0.2) is 33.6 Å². The molecule has 1 aromatic rings. The van der Waals surface area contributed by atoms with Gasteiger partial charge in [0.05, 0.1) is 4.90 Å². The molecule has 2 atom stereocenters. The van der Waals surface area contributed by atoms with Crippen LogP contribution in [-0.2, 0) is 10.0 Å². The molecule has 3 nitrogen and oxygen atoms in total. The van der Waals surface area contributed by atoms with Gasteiger partial charge in [-0.2, -0.15) is 0 Å². The number of benzene rings is 1. The number of halogens is 2. The maximum atomic E-state index is 12.1. The minimum atomic E-state index is -3.41. The molecule has 2 unspecified atom stereocenters. The van der Waals surface area contributed by atoms with Crippen molar-refractivity contribution in [3.63, 3.8) is 0 Å². The van der Waals surface area contributed by atoms with Crippen molar-refractivity contribution in [2.75, 3.05) is 12.4 Å². The fourth-order valence-corrected chi connectivity index (χ4v) is 4.26. The van der Waals surface area contributed by atoms with E-state index in [2.05, 4.69) is 20.7 Å². The van der Waals surface area contributed by atoms with Gasteiger partial charge in [0.1, 0.15) is 0 Å². The van der Waals surface area contributed by atoms with E-state index in [1.54, 1.807) is 24.3 Å². The molecule has 1 saturated carbocycles. The first-order valence-electron chi connectivity index (χ1n) is 6.34. The lowest BCUT2D eigenvalue weighted by Gasteiger charge is -2.17. The first kappa shape index (κ1) is 15.3. The number of rotatable bonds is 5. The van der Waals surface area contributed by atoms with E-state index in [1.165, 1.54) is 0 Å². The van der Waals surface area contributed by atoms with Crippen molar-refractivity contribution in [2.45, 2.75) is 24.2 Å². The largest absolute Gasteiger partial charge is 0.240 e. The molecule has 0 aromatic heterocycles. The van der Waals surface area contributed by atoms with E-state index in [1.807, 2.05) is 0 Å². The minimum Gasteiger partial charge on any atom is -0.211 e. The highest BCUT2D eigenvalue weighted by Gasteiger charge is 2.27. The molecule has 1 aliphatic carbocycles. The Hall–Kier alpha value is -0.100. The summed E-state index contributed by atoms with van der Waals surface area (Å²) in [5.74, 6) is 1.42. The van der Waals surface area contributed by atoms with E-state index in [0.717, 1.165) is 23.7 Å². The Labute approximate surface area is 127 Å². The second-order valence-electron chi connectivity index (χ2n) is 4.91. The predicted molar refractivity (Wildman–Crippen MR) is 80.9 cm³/mol. The van der Waals surface area contributed by atoms with Gasteiger partial charge >= 0.3 is 0 Å². The van der Waals surface area contributed by atoms with E-state index < -0.39 is 10.0 Å². The Morgan fingerprint density at radius 2 is 1.84 bits per heavy atom. The number of hydrogen-bond donors (Lipinski definition) is 1. The second-order valence-corrected chi connectivity index (χ2v) is 7.90. The molecule has 1 aromatic carbocycles. The quantitative estimate of drug-likeness (QED) is 0.812. The molecule has 19 heavy (non-hydrogen) atoms. The fraction of sp³-hybridized carbons (Fsp3) is 0.538. The first-order chi connectivity index (χ1) is 9.03. The molecule has 106 valence electrons. The highest BCUT2D eigenvalue weighted by molar-refractivity contribution is 9.10. The summed E-state index contributed by atoms with van der Waals surface area (Å²) in [5, 5.41) is 0. The number of alkyl halides is 1. The molecule has 0 bridgehead atoms. The smallest absolute Gasteiger partial charge is 0.211 e. The molecule has 1 N–H and O–H groups in total. The van der Waals surface area contributed by atoms with Crippen LogP contribution in [0.1, 0.15) is 19.3 Å². The molecule has 0 saturated heterocycles. The third-order valence-electron chi connectivity index (χ3n) is 3.67. The summed E-state index contributed by atoms with van der Waals surface area (Å²) in [7, 11) is -3.41. The van der Waals surface area contributed by atoms with Crippen LogP contribution >= 0.6 is 27.5 Å². The summed E-state index contributed by atoms with van der Waals surface area (Å²) >= 11 is 9.20. The highest BCUT2D eigenvalue weighted by Crippen LogP contribution is 2.32. The Kier molecular flexibility index (Phi) is 5.29. The van der Waals surface area contributed by atoms with Gasteiger partial charge < -0.3 is 0 Å². The van der Waals surface area contributed by atoms with Gasteiger partial charge in [0, 0.05) is 16.9 Å². The molecular weight excluding hydrogens is 350 g/mol. The lowest BCUT2D eigenvalue weighted by molar-refractivity contribution is 0.418. The lowest BCUT2D eigenvalue weighted by atomic mass is 9.98. The lowest BCUT2D eigenvalue weighted by Crippen LogP contribution is -2.31. The Morgan fingerprint density at radius 1 is 1.21 bits per heavy atom. The van der Waals surface area contributed by atoms with Crippen LogP contribution in [0.3, 0.4) is 0 Å². The fourth-order valence-electron chi connectivity index (χ4n) is 2.50. The van der Waals surface area contributed by atoms with Gasteiger partial charge in [0.15, 0.2) is 0 Å². The van der Waals surface area contributed by atoms with Crippen LogP contribution in [0.5, 0.6) is 0 Å². The highest BCUT2D eigenvalue weighted by atomic mass is 79.9. The van der Waals surface area contributed by atoms with E-state index in [0.29, 0.717) is 29.2 Å². The molecule has 0 radical (unpaired) electrons. The van der Waals surface area contributed by atoms with Crippen molar-refractivity contribution in [3.05, 3.63) is 28.7 Å². The van der Waals surface area contributed by atoms with Crippen LogP contribution in [-0.4, -0.2) is 20.8 Å². The average Bonchev–Trinajstić information content (AvgIpc) is 2.84. The van der Waals surface area contributed by atoms with Crippen molar-refractivity contribution in [2.24, 2.45) is 11.8 Å². The first-order valence-corrected chi connectivity index (χ1v) is 9.15. The van der Waals surface area contributed by atoms with Gasteiger partial charge in [-0.3, -0.25) is 0 Å². The standard InChI is InChI=1S/C13H17BrClNO2S/c14-12-4-6-13(7-5-12)19(17,18)16-9-11-3-1-2-10(11)8-15/h4-7,10-11,16H,1-3,8-9H2.